The third-order valence-corrected chi connectivity index (χ3v) is 6.27. The molecule has 0 N–H and O–H groups in total. The number of fused-ring (bicyclic) bond motifs is 2. The molecule has 1 aliphatic rings. The van der Waals surface area contributed by atoms with Crippen LogP contribution in [0, 0.1) is 25.1 Å². The number of imidazole rings is 1. The number of hydrogen-bond donors (Lipinski definition) is 0. The molecule has 134 valence electrons. The van der Waals surface area contributed by atoms with Gasteiger partial charge in [-0.3, -0.25) is 4.68 Å². The minimum absolute atomic E-state index is 0.207. The summed E-state index contributed by atoms with van der Waals surface area (Å²) in [5, 5.41) is 14.7. The zero-order valence-corrected chi connectivity index (χ0v) is 16.1. The molecule has 4 aromatic rings. The van der Waals surface area contributed by atoms with Crippen molar-refractivity contribution in [3.63, 3.8) is 0 Å². The van der Waals surface area contributed by atoms with E-state index in [1.54, 1.807) is 11.3 Å². The highest BCUT2D eigenvalue weighted by molar-refractivity contribution is 7.21. The minimum Gasteiger partial charge on any atom is -0.303 e. The van der Waals surface area contributed by atoms with Crippen molar-refractivity contribution < 1.29 is 0 Å². The lowest BCUT2D eigenvalue weighted by molar-refractivity contribution is 0.418. The van der Waals surface area contributed by atoms with Crippen molar-refractivity contribution in [2.24, 2.45) is 0 Å². The first-order valence-electron chi connectivity index (χ1n) is 9.19. The molecular weight excluding hydrogens is 357 g/mol. The average molecular weight is 375 g/mol. The zero-order chi connectivity index (χ0) is 18.5. The molecular formula is C18H18BN7S. The molecule has 0 amide bonds. The summed E-state index contributed by atoms with van der Waals surface area (Å²) in [5.74, 6) is 2.39. The van der Waals surface area contributed by atoms with Crippen LogP contribution >= 0.6 is 11.3 Å². The van der Waals surface area contributed by atoms with Gasteiger partial charge >= 0.3 is 0 Å². The Hall–Kier alpha value is -2.73. The Morgan fingerprint density at radius 1 is 1.15 bits per heavy atom. The van der Waals surface area contributed by atoms with Crippen LogP contribution in [-0.2, 0) is 0 Å². The molecule has 27 heavy (non-hydrogen) atoms. The summed E-state index contributed by atoms with van der Waals surface area (Å²) in [4.78, 5) is 14.9. The first kappa shape index (κ1) is 16.4. The van der Waals surface area contributed by atoms with Crippen LogP contribution in [0.15, 0.2) is 18.6 Å². The molecule has 5 heterocycles. The highest BCUT2D eigenvalue weighted by Gasteiger charge is 2.26. The first-order valence-corrected chi connectivity index (χ1v) is 10.0. The number of hydrogen-bond acceptors (Lipinski definition) is 6. The van der Waals surface area contributed by atoms with Crippen LogP contribution in [0.2, 0.25) is 12.6 Å². The lowest BCUT2D eigenvalue weighted by Gasteiger charge is -2.23. The molecule has 5 rings (SSSR count). The van der Waals surface area contributed by atoms with Crippen LogP contribution < -0.4 is 0 Å². The van der Waals surface area contributed by atoms with Crippen molar-refractivity contribution in [3.8, 4) is 16.7 Å². The van der Waals surface area contributed by atoms with Gasteiger partial charge in [-0.2, -0.15) is 5.10 Å². The Balaban J connectivity index is 1.46. The van der Waals surface area contributed by atoms with Crippen molar-refractivity contribution in [2.45, 2.75) is 45.4 Å². The molecule has 0 saturated carbocycles. The summed E-state index contributed by atoms with van der Waals surface area (Å²) < 4.78 is 4.06. The third kappa shape index (κ3) is 2.81. The number of thiazole rings is 1. The summed E-state index contributed by atoms with van der Waals surface area (Å²) in [7, 11) is 0. The van der Waals surface area contributed by atoms with Gasteiger partial charge in [0.05, 0.1) is 23.6 Å². The number of rotatable bonds is 2. The van der Waals surface area contributed by atoms with E-state index in [9.17, 15) is 0 Å². The topological polar surface area (TPSA) is 84.7 Å². The quantitative estimate of drug-likeness (QED) is 0.499. The van der Waals surface area contributed by atoms with E-state index in [4.69, 9.17) is 15.3 Å². The molecule has 7 nitrogen and oxygen atoms in total. The minimum atomic E-state index is 0.207. The van der Waals surface area contributed by atoms with Crippen LogP contribution in [0.1, 0.15) is 30.3 Å². The van der Waals surface area contributed by atoms with Gasteiger partial charge in [0, 0.05) is 18.4 Å². The Morgan fingerprint density at radius 3 is 2.70 bits per heavy atom. The van der Waals surface area contributed by atoms with Crippen LogP contribution in [-0.4, -0.2) is 35.8 Å². The highest BCUT2D eigenvalue weighted by atomic mass is 32.1. The van der Waals surface area contributed by atoms with E-state index in [2.05, 4.69) is 15.9 Å². The van der Waals surface area contributed by atoms with Gasteiger partial charge in [-0.05, 0) is 26.7 Å². The summed E-state index contributed by atoms with van der Waals surface area (Å²) in [5.41, 5.74) is 4.52. The lowest BCUT2D eigenvalue weighted by Crippen LogP contribution is -2.22. The molecule has 0 aromatic carbocycles. The normalized spacial score (nSPS) is 15.7. The van der Waals surface area contributed by atoms with Crippen LogP contribution in [0.3, 0.4) is 0 Å². The Morgan fingerprint density at radius 2 is 1.96 bits per heavy atom. The zero-order valence-electron chi connectivity index (χ0n) is 15.3. The van der Waals surface area contributed by atoms with Crippen molar-refractivity contribution in [1.29, 1.82) is 5.26 Å². The van der Waals surface area contributed by atoms with Crippen LogP contribution in [0.25, 0.3) is 26.7 Å². The van der Waals surface area contributed by atoms with Crippen molar-refractivity contribution in [2.75, 3.05) is 0 Å². The maximum atomic E-state index is 9.06. The van der Waals surface area contributed by atoms with Crippen molar-refractivity contribution in [3.05, 3.63) is 30.0 Å². The van der Waals surface area contributed by atoms with Crippen LogP contribution in [0.5, 0.6) is 0 Å². The monoisotopic (exact) mass is 375 g/mol. The second-order valence-corrected chi connectivity index (χ2v) is 8.26. The summed E-state index contributed by atoms with van der Waals surface area (Å²) >= 11 is 1.57. The Kier molecular flexibility index (Phi) is 3.76. The first-order chi connectivity index (χ1) is 13.1. The van der Waals surface area contributed by atoms with E-state index >= 15 is 0 Å². The van der Waals surface area contributed by atoms with Gasteiger partial charge in [-0.15, -0.1) is 0 Å². The second-order valence-electron chi connectivity index (χ2n) is 7.28. The number of nitrogens with zero attached hydrogens (tertiary/aromatic N) is 7. The fourth-order valence-electron chi connectivity index (χ4n) is 3.88. The van der Waals surface area contributed by atoms with Gasteiger partial charge in [-0.25, -0.2) is 20.2 Å². The maximum absolute atomic E-state index is 9.06. The molecule has 4 aromatic heterocycles. The lowest BCUT2D eigenvalue weighted by atomic mass is 9.42. The molecule has 1 aliphatic heterocycles. The van der Waals surface area contributed by atoms with Gasteiger partial charge in [0.2, 0.25) is 0 Å². The standard InChI is InChI=1S/C18H18BN7S/c1-11-7-25-8-14(22-12(2)16(25)21-11)17-23-15-9-26(24-18(15)27-17)13-3-5-19(10-20)6-4-13/h7-9,13H,3-6H2,1-2H3. The van der Waals surface area contributed by atoms with Gasteiger partial charge in [0.15, 0.2) is 10.5 Å². The van der Waals surface area contributed by atoms with E-state index in [1.807, 2.05) is 41.5 Å². The third-order valence-electron chi connectivity index (χ3n) is 5.29. The van der Waals surface area contributed by atoms with Crippen molar-refractivity contribution in [1.82, 2.24) is 29.1 Å². The molecule has 0 atom stereocenters. The number of aryl methyl sites for hydroxylation is 2. The predicted octanol–water partition coefficient (Wildman–Crippen LogP) is 3.71. The molecule has 1 saturated heterocycles. The summed E-state index contributed by atoms with van der Waals surface area (Å²) in [6.45, 7) is 4.16. The Bertz CT molecular complexity index is 1160. The van der Waals surface area contributed by atoms with Crippen LogP contribution in [0.4, 0.5) is 0 Å². The van der Waals surface area contributed by atoms with E-state index in [0.29, 0.717) is 6.04 Å². The fraction of sp³-hybridized carbons (Fsp3) is 0.389. The second kappa shape index (κ2) is 6.17. The average Bonchev–Trinajstić information content (AvgIpc) is 3.34. The summed E-state index contributed by atoms with van der Waals surface area (Å²) in [6, 6.07) is 0.380. The molecule has 1 fully saturated rings. The molecule has 0 radical (unpaired) electrons. The highest BCUT2D eigenvalue weighted by Crippen LogP contribution is 2.33. The smallest absolute Gasteiger partial charge is 0.268 e. The fourth-order valence-corrected chi connectivity index (χ4v) is 4.75. The summed E-state index contributed by atoms with van der Waals surface area (Å²) in [6.07, 6.45) is 9.97. The molecule has 0 spiro atoms. The maximum Gasteiger partial charge on any atom is 0.268 e. The molecule has 0 aliphatic carbocycles. The van der Waals surface area contributed by atoms with Gasteiger partial charge in [0.25, 0.3) is 6.71 Å². The van der Waals surface area contributed by atoms with Gasteiger partial charge in [-0.1, -0.05) is 24.0 Å². The van der Waals surface area contributed by atoms with Gasteiger partial charge < -0.3 is 4.40 Å². The largest absolute Gasteiger partial charge is 0.303 e. The van der Waals surface area contributed by atoms with E-state index < -0.39 is 0 Å². The molecule has 0 bridgehead atoms. The molecule has 0 unspecified atom stereocenters. The van der Waals surface area contributed by atoms with Crippen molar-refractivity contribution >= 4 is 34.0 Å². The van der Waals surface area contributed by atoms with E-state index in [0.717, 1.165) is 63.6 Å². The van der Waals surface area contributed by atoms with E-state index in [1.165, 1.54) is 0 Å². The van der Waals surface area contributed by atoms with E-state index in [-0.39, 0.29) is 6.71 Å². The van der Waals surface area contributed by atoms with Gasteiger partial charge in [0.1, 0.15) is 16.2 Å². The number of nitriles is 1. The number of aromatic nitrogens is 6. The Labute approximate surface area is 160 Å². The SMILES string of the molecule is Cc1cn2cc(-c3nc4cn(C5CCB(C#N)CC5)nc4s3)nc(C)c2n1. The molecule has 9 heteroatoms. The predicted molar refractivity (Wildman–Crippen MR) is 106 cm³/mol.